The summed E-state index contributed by atoms with van der Waals surface area (Å²) in [6, 6.07) is 8.20. The molecule has 0 aliphatic carbocycles. The third-order valence-electron chi connectivity index (χ3n) is 7.00. The molecule has 1 N–H and O–H groups in total. The van der Waals surface area contributed by atoms with E-state index in [9.17, 15) is 22.0 Å². The lowest BCUT2D eigenvalue weighted by molar-refractivity contribution is -0.138. The molecule has 0 radical (unpaired) electrons. The number of alkyl halides is 5. The molecule has 0 saturated carbocycles. The Hall–Kier alpha value is -3.01. The number of anilines is 2. The highest BCUT2D eigenvalue weighted by molar-refractivity contribution is 5.95. The first-order chi connectivity index (χ1) is 16.8. The molecule has 2 aromatic carbocycles. The number of hydrogen-bond donors (Lipinski definition) is 1. The van der Waals surface area contributed by atoms with Crippen LogP contribution in [0.2, 0.25) is 0 Å². The first kappa shape index (κ1) is 26.1. The maximum Gasteiger partial charge on any atom is 0.416 e. The van der Waals surface area contributed by atoms with E-state index in [0.717, 1.165) is 11.5 Å². The fourth-order valence-electron chi connectivity index (χ4n) is 5.08. The Labute approximate surface area is 207 Å². The van der Waals surface area contributed by atoms with Crippen LogP contribution in [-0.4, -0.2) is 54.2 Å². The average molecular weight is 508 g/mol. The number of piperidine rings is 1. The van der Waals surface area contributed by atoms with Crippen LogP contribution in [0, 0.1) is 13.8 Å². The van der Waals surface area contributed by atoms with Crippen LogP contribution in [0.15, 0.2) is 36.4 Å². The van der Waals surface area contributed by atoms with E-state index in [4.69, 9.17) is 0 Å². The van der Waals surface area contributed by atoms with E-state index in [-0.39, 0.29) is 5.56 Å². The van der Waals surface area contributed by atoms with E-state index in [1.807, 2.05) is 6.07 Å². The number of halogens is 5. The number of rotatable bonds is 5. The minimum Gasteiger partial charge on any atom is -0.365 e. The third-order valence-corrected chi connectivity index (χ3v) is 7.00. The Morgan fingerprint density at radius 2 is 1.81 bits per heavy atom. The number of nitrogens with zero attached hydrogens (tertiary/aromatic N) is 4. The predicted molar refractivity (Wildman–Crippen MR) is 132 cm³/mol. The molecule has 194 valence electrons. The molecule has 1 aromatic heterocycles. The van der Waals surface area contributed by atoms with Crippen molar-refractivity contribution in [3.05, 3.63) is 58.8 Å². The predicted octanol–water partition coefficient (Wildman–Crippen LogP) is 6.21. The van der Waals surface area contributed by atoms with Crippen LogP contribution < -0.4 is 10.2 Å². The molecule has 3 aromatic rings. The van der Waals surface area contributed by atoms with Gasteiger partial charge in [-0.2, -0.15) is 18.3 Å². The van der Waals surface area contributed by atoms with Gasteiger partial charge in [0.05, 0.1) is 29.9 Å². The summed E-state index contributed by atoms with van der Waals surface area (Å²) in [6.45, 7) is 5.08. The number of aromatic nitrogens is 2. The largest absolute Gasteiger partial charge is 0.416 e. The first-order valence-electron chi connectivity index (χ1n) is 11.8. The summed E-state index contributed by atoms with van der Waals surface area (Å²) in [6.07, 6.45) is -4.13. The fraction of sp³-hybridized carbons (Fsp3) is 0.462. The number of benzene rings is 2. The molecular weight excluding hydrogens is 477 g/mol. The lowest BCUT2D eigenvalue weighted by Crippen LogP contribution is -2.56. The van der Waals surface area contributed by atoms with Crippen molar-refractivity contribution in [3.8, 4) is 0 Å². The molecule has 0 spiro atoms. The number of fused-ring (bicyclic) bond motifs is 1. The smallest absolute Gasteiger partial charge is 0.365 e. The summed E-state index contributed by atoms with van der Waals surface area (Å²) in [4.78, 5) is 3.23. The molecule has 1 fully saturated rings. The van der Waals surface area contributed by atoms with Crippen molar-refractivity contribution in [3.63, 3.8) is 0 Å². The van der Waals surface area contributed by atoms with Crippen LogP contribution in [0.4, 0.5) is 33.5 Å². The van der Waals surface area contributed by atoms with Gasteiger partial charge in [-0.25, -0.2) is 8.78 Å². The quantitative estimate of drug-likeness (QED) is 0.416. The summed E-state index contributed by atoms with van der Waals surface area (Å²) in [5, 5.41) is 13.1. The lowest BCUT2D eigenvalue weighted by atomic mass is 9.97. The second-order valence-corrected chi connectivity index (χ2v) is 9.70. The summed E-state index contributed by atoms with van der Waals surface area (Å²) in [7, 11) is 3.33. The molecule has 0 bridgehead atoms. The number of aryl methyl sites for hydroxylation is 1. The summed E-state index contributed by atoms with van der Waals surface area (Å²) in [5.74, 6) is -2.49. The monoisotopic (exact) mass is 507 g/mol. The standard InChI is InChI=1S/C26H30F5N5/c1-15-19(7-6-8-22(15)26(29,30)31)16(2)32-24-21-13-18(9-10-20(21)17(3)33-34-24)36-12-11-23(35(4)5)25(27,28)14-36/h6-10,13,16,23H,11-12,14H2,1-5H3,(H,32,34)/t16?,23-/m0/s1. The molecule has 1 aliphatic heterocycles. The molecule has 10 heteroatoms. The van der Waals surface area contributed by atoms with E-state index >= 15 is 0 Å². The van der Waals surface area contributed by atoms with Gasteiger partial charge < -0.3 is 15.1 Å². The zero-order chi connectivity index (χ0) is 26.4. The highest BCUT2D eigenvalue weighted by Crippen LogP contribution is 2.37. The molecule has 1 aliphatic rings. The summed E-state index contributed by atoms with van der Waals surface area (Å²) in [5.41, 5.74) is 1.25. The van der Waals surface area contributed by atoms with Gasteiger partial charge in [-0.15, -0.1) is 5.10 Å². The summed E-state index contributed by atoms with van der Waals surface area (Å²) >= 11 is 0. The summed E-state index contributed by atoms with van der Waals surface area (Å²) < 4.78 is 69.9. The Morgan fingerprint density at radius 3 is 2.44 bits per heavy atom. The van der Waals surface area contributed by atoms with Gasteiger partial charge in [0, 0.05) is 23.0 Å². The van der Waals surface area contributed by atoms with Crippen LogP contribution in [0.3, 0.4) is 0 Å². The van der Waals surface area contributed by atoms with Crippen molar-refractivity contribution < 1.29 is 22.0 Å². The van der Waals surface area contributed by atoms with Gasteiger partial charge in [-0.05, 0) is 70.6 Å². The molecule has 4 rings (SSSR count). The molecule has 0 amide bonds. The van der Waals surface area contributed by atoms with E-state index in [0.29, 0.717) is 41.1 Å². The van der Waals surface area contributed by atoms with Crippen LogP contribution in [0.25, 0.3) is 10.8 Å². The Balaban J connectivity index is 1.68. The highest BCUT2D eigenvalue weighted by atomic mass is 19.4. The fourth-order valence-corrected chi connectivity index (χ4v) is 5.08. The first-order valence-corrected chi connectivity index (χ1v) is 11.8. The number of nitrogens with one attached hydrogen (secondary N) is 1. The normalized spacial score (nSPS) is 19.1. The average Bonchev–Trinajstić information content (AvgIpc) is 2.79. The highest BCUT2D eigenvalue weighted by Gasteiger charge is 2.45. The Bertz CT molecular complexity index is 1260. The van der Waals surface area contributed by atoms with Gasteiger partial charge in [-0.3, -0.25) is 0 Å². The molecule has 1 saturated heterocycles. The zero-order valence-electron chi connectivity index (χ0n) is 20.9. The van der Waals surface area contributed by atoms with Crippen molar-refractivity contribution in [2.75, 3.05) is 37.4 Å². The van der Waals surface area contributed by atoms with E-state index in [1.54, 1.807) is 55.9 Å². The third kappa shape index (κ3) is 4.96. The van der Waals surface area contributed by atoms with Crippen molar-refractivity contribution in [1.82, 2.24) is 15.1 Å². The molecule has 1 unspecified atom stereocenters. The molecule has 5 nitrogen and oxygen atoms in total. The van der Waals surface area contributed by atoms with E-state index < -0.39 is 36.3 Å². The Morgan fingerprint density at radius 1 is 1.08 bits per heavy atom. The molecule has 2 heterocycles. The van der Waals surface area contributed by atoms with Gasteiger partial charge in [0.1, 0.15) is 0 Å². The molecular formula is C26H30F5N5. The van der Waals surface area contributed by atoms with E-state index in [1.165, 1.54) is 13.0 Å². The van der Waals surface area contributed by atoms with Crippen LogP contribution in [0.1, 0.15) is 41.8 Å². The SMILES string of the molecule is Cc1c(C(C)Nc2nnc(C)c3ccc(N4CC[C@H](N(C)C)C(F)(F)C4)cc23)cccc1C(F)(F)F. The zero-order valence-corrected chi connectivity index (χ0v) is 20.9. The van der Waals surface area contributed by atoms with Crippen LogP contribution in [0.5, 0.6) is 0 Å². The van der Waals surface area contributed by atoms with Gasteiger partial charge in [-0.1, -0.05) is 18.2 Å². The van der Waals surface area contributed by atoms with E-state index in [2.05, 4.69) is 15.5 Å². The molecule has 2 atom stereocenters. The minimum atomic E-state index is -4.45. The second kappa shape index (κ2) is 9.46. The topological polar surface area (TPSA) is 44.3 Å². The van der Waals surface area contributed by atoms with Gasteiger partial charge in [0.15, 0.2) is 5.82 Å². The van der Waals surface area contributed by atoms with Crippen molar-refractivity contribution >= 4 is 22.3 Å². The van der Waals surface area contributed by atoms with Crippen molar-refractivity contribution in [2.45, 2.75) is 51.4 Å². The van der Waals surface area contributed by atoms with Gasteiger partial charge >= 0.3 is 6.18 Å². The number of hydrogen-bond acceptors (Lipinski definition) is 5. The van der Waals surface area contributed by atoms with Crippen molar-refractivity contribution in [2.24, 2.45) is 0 Å². The van der Waals surface area contributed by atoms with Crippen molar-refractivity contribution in [1.29, 1.82) is 0 Å². The van der Waals surface area contributed by atoms with Crippen LogP contribution in [-0.2, 0) is 6.18 Å². The lowest BCUT2D eigenvalue weighted by Gasteiger charge is -2.42. The van der Waals surface area contributed by atoms with Gasteiger partial charge in [0.2, 0.25) is 0 Å². The van der Waals surface area contributed by atoms with Crippen LogP contribution >= 0.6 is 0 Å². The maximum absolute atomic E-state index is 14.8. The maximum atomic E-state index is 14.8. The minimum absolute atomic E-state index is 0.140. The second-order valence-electron chi connectivity index (χ2n) is 9.70. The molecule has 36 heavy (non-hydrogen) atoms. The Kier molecular flexibility index (Phi) is 6.85. The van der Waals surface area contributed by atoms with Gasteiger partial charge in [0.25, 0.3) is 5.92 Å².